The smallest absolute Gasteiger partial charge is 0.319 e. The van der Waals surface area contributed by atoms with E-state index < -0.39 is 23.4 Å². The Kier molecular flexibility index (Phi) is 3.92. The number of carboxylic acid groups (broad SMARTS) is 1. The molecule has 1 aromatic rings. The van der Waals surface area contributed by atoms with Gasteiger partial charge in [0.15, 0.2) is 0 Å². The zero-order chi connectivity index (χ0) is 14.8. The van der Waals surface area contributed by atoms with E-state index in [1.807, 2.05) is 0 Å². The number of nitrogens with one attached hydrogen (secondary N) is 2. The zero-order valence-corrected chi connectivity index (χ0v) is 11.2. The Labute approximate surface area is 116 Å². The van der Waals surface area contributed by atoms with Crippen LogP contribution in [0, 0.1) is 12.7 Å². The third-order valence-electron chi connectivity index (χ3n) is 3.48. The van der Waals surface area contributed by atoms with Crippen LogP contribution in [0.15, 0.2) is 18.2 Å². The number of aryl methyl sites for hydroxylation is 1. The number of hydrogen-bond donors (Lipinski definition) is 3. The van der Waals surface area contributed by atoms with Crippen molar-refractivity contribution < 1.29 is 19.1 Å². The quantitative estimate of drug-likeness (QED) is 0.793. The van der Waals surface area contributed by atoms with Crippen molar-refractivity contribution in [3.05, 3.63) is 29.6 Å². The number of amides is 2. The van der Waals surface area contributed by atoms with Crippen molar-refractivity contribution in [1.82, 2.24) is 5.32 Å². The van der Waals surface area contributed by atoms with E-state index in [2.05, 4.69) is 10.6 Å². The van der Waals surface area contributed by atoms with Crippen molar-refractivity contribution in [2.45, 2.75) is 38.1 Å². The summed E-state index contributed by atoms with van der Waals surface area (Å²) >= 11 is 0. The summed E-state index contributed by atoms with van der Waals surface area (Å²) in [5.74, 6) is -1.37. The standard InChI is InChI=1S/C14H17FN2O3/c1-9-5-10(15)7-11(6-9)16-13(20)17-14(3-2-4-14)8-12(18)19/h5-7H,2-4,8H2,1H3,(H,18,19)(H2,16,17,20). The van der Waals surface area contributed by atoms with Crippen molar-refractivity contribution in [2.24, 2.45) is 0 Å². The van der Waals surface area contributed by atoms with Gasteiger partial charge in [0.05, 0.1) is 12.0 Å². The molecule has 0 unspecified atom stereocenters. The summed E-state index contributed by atoms with van der Waals surface area (Å²) in [6.45, 7) is 1.73. The van der Waals surface area contributed by atoms with Gasteiger partial charge in [-0.15, -0.1) is 0 Å². The highest BCUT2D eigenvalue weighted by molar-refractivity contribution is 5.90. The Morgan fingerprint density at radius 3 is 2.55 bits per heavy atom. The first-order valence-electron chi connectivity index (χ1n) is 6.47. The normalized spacial score (nSPS) is 16.1. The van der Waals surface area contributed by atoms with Gasteiger partial charge in [0.2, 0.25) is 0 Å². The summed E-state index contributed by atoms with van der Waals surface area (Å²) in [7, 11) is 0. The third-order valence-corrected chi connectivity index (χ3v) is 3.48. The van der Waals surface area contributed by atoms with Gasteiger partial charge in [0.1, 0.15) is 5.82 Å². The fourth-order valence-electron chi connectivity index (χ4n) is 2.45. The van der Waals surface area contributed by atoms with Crippen LogP contribution in [0.2, 0.25) is 0 Å². The van der Waals surface area contributed by atoms with Gasteiger partial charge in [-0.25, -0.2) is 9.18 Å². The maximum absolute atomic E-state index is 13.2. The second-order valence-electron chi connectivity index (χ2n) is 5.30. The molecule has 2 rings (SSSR count). The number of benzene rings is 1. The SMILES string of the molecule is Cc1cc(F)cc(NC(=O)NC2(CC(=O)O)CCC2)c1. The number of carbonyl (C=O) groups excluding carboxylic acids is 1. The summed E-state index contributed by atoms with van der Waals surface area (Å²) in [5.41, 5.74) is 0.382. The Bertz CT molecular complexity index is 521. The van der Waals surface area contributed by atoms with Crippen LogP contribution in [0.3, 0.4) is 0 Å². The first-order chi connectivity index (χ1) is 9.38. The topological polar surface area (TPSA) is 78.4 Å². The van der Waals surface area contributed by atoms with Crippen molar-refractivity contribution in [2.75, 3.05) is 5.32 Å². The van der Waals surface area contributed by atoms with Crippen LogP contribution in [0.1, 0.15) is 31.2 Å². The lowest BCUT2D eigenvalue weighted by Crippen LogP contribution is -2.55. The van der Waals surface area contributed by atoms with E-state index in [0.29, 0.717) is 24.1 Å². The van der Waals surface area contributed by atoms with Crippen molar-refractivity contribution >= 4 is 17.7 Å². The summed E-state index contributed by atoms with van der Waals surface area (Å²) in [6.07, 6.45) is 2.10. The molecule has 108 valence electrons. The molecule has 6 heteroatoms. The van der Waals surface area contributed by atoms with Gasteiger partial charge in [0, 0.05) is 5.69 Å². The molecule has 0 heterocycles. The van der Waals surface area contributed by atoms with Crippen LogP contribution in [0.25, 0.3) is 0 Å². The number of anilines is 1. The summed E-state index contributed by atoms with van der Waals surface area (Å²) in [4.78, 5) is 22.7. The predicted molar refractivity (Wildman–Crippen MR) is 72.1 cm³/mol. The fourth-order valence-corrected chi connectivity index (χ4v) is 2.45. The summed E-state index contributed by atoms with van der Waals surface area (Å²) < 4.78 is 13.2. The second-order valence-corrected chi connectivity index (χ2v) is 5.30. The number of aliphatic carboxylic acids is 1. The van der Waals surface area contributed by atoms with Crippen molar-refractivity contribution in [3.8, 4) is 0 Å². The summed E-state index contributed by atoms with van der Waals surface area (Å²) in [5, 5.41) is 14.1. The molecule has 0 spiro atoms. The molecule has 1 aromatic carbocycles. The molecule has 2 amide bonds. The average Bonchev–Trinajstić information content (AvgIpc) is 2.23. The maximum Gasteiger partial charge on any atom is 0.319 e. The lowest BCUT2D eigenvalue weighted by molar-refractivity contribution is -0.139. The minimum atomic E-state index is -0.938. The molecule has 0 atom stereocenters. The van der Waals surface area contributed by atoms with Crippen LogP contribution in [-0.2, 0) is 4.79 Å². The minimum Gasteiger partial charge on any atom is -0.481 e. The largest absolute Gasteiger partial charge is 0.481 e. The molecule has 3 N–H and O–H groups in total. The Morgan fingerprint density at radius 2 is 2.05 bits per heavy atom. The Hall–Kier alpha value is -2.11. The molecule has 0 aromatic heterocycles. The van der Waals surface area contributed by atoms with Crippen LogP contribution in [0.4, 0.5) is 14.9 Å². The monoisotopic (exact) mass is 280 g/mol. The first kappa shape index (κ1) is 14.3. The van der Waals surface area contributed by atoms with Crippen molar-refractivity contribution in [3.63, 3.8) is 0 Å². The number of halogens is 1. The molecule has 0 saturated heterocycles. The summed E-state index contributed by atoms with van der Waals surface area (Å²) in [6, 6.07) is 3.72. The average molecular weight is 280 g/mol. The number of carbonyl (C=O) groups is 2. The van der Waals surface area contributed by atoms with E-state index in [9.17, 15) is 14.0 Å². The maximum atomic E-state index is 13.2. The van der Waals surface area contributed by atoms with E-state index in [4.69, 9.17) is 5.11 Å². The molecule has 1 saturated carbocycles. The molecule has 1 aliphatic carbocycles. The van der Waals surface area contributed by atoms with E-state index in [1.165, 1.54) is 12.1 Å². The number of carboxylic acids is 1. The van der Waals surface area contributed by atoms with Gasteiger partial charge >= 0.3 is 12.0 Å². The highest BCUT2D eigenvalue weighted by Crippen LogP contribution is 2.35. The van der Waals surface area contributed by atoms with Crippen LogP contribution in [0.5, 0.6) is 0 Å². The third kappa shape index (κ3) is 3.46. The zero-order valence-electron chi connectivity index (χ0n) is 11.2. The highest BCUT2D eigenvalue weighted by atomic mass is 19.1. The fraction of sp³-hybridized carbons (Fsp3) is 0.429. The van der Waals surface area contributed by atoms with Gasteiger partial charge in [0.25, 0.3) is 0 Å². The van der Waals surface area contributed by atoms with Gasteiger partial charge in [-0.3, -0.25) is 4.79 Å². The molecular formula is C14H17FN2O3. The number of rotatable bonds is 4. The van der Waals surface area contributed by atoms with E-state index in [1.54, 1.807) is 13.0 Å². The van der Waals surface area contributed by atoms with E-state index in [0.717, 1.165) is 6.42 Å². The predicted octanol–water partition coefficient (Wildman–Crippen LogP) is 2.65. The molecule has 20 heavy (non-hydrogen) atoms. The first-order valence-corrected chi connectivity index (χ1v) is 6.47. The lowest BCUT2D eigenvalue weighted by atomic mass is 9.74. The Balaban J connectivity index is 1.99. The van der Waals surface area contributed by atoms with Gasteiger partial charge < -0.3 is 15.7 Å². The molecule has 0 bridgehead atoms. The van der Waals surface area contributed by atoms with Crippen LogP contribution >= 0.6 is 0 Å². The molecule has 1 fully saturated rings. The van der Waals surface area contributed by atoms with Gasteiger partial charge in [-0.2, -0.15) is 0 Å². The Morgan fingerprint density at radius 1 is 1.35 bits per heavy atom. The van der Waals surface area contributed by atoms with E-state index >= 15 is 0 Å². The van der Waals surface area contributed by atoms with Crippen LogP contribution in [-0.4, -0.2) is 22.6 Å². The van der Waals surface area contributed by atoms with Crippen LogP contribution < -0.4 is 10.6 Å². The van der Waals surface area contributed by atoms with E-state index in [-0.39, 0.29) is 6.42 Å². The molecule has 1 aliphatic rings. The second kappa shape index (κ2) is 5.48. The minimum absolute atomic E-state index is 0.0946. The number of urea groups is 1. The molecule has 5 nitrogen and oxygen atoms in total. The lowest BCUT2D eigenvalue weighted by Gasteiger charge is -2.41. The molecule has 0 aliphatic heterocycles. The van der Waals surface area contributed by atoms with Gasteiger partial charge in [-0.1, -0.05) is 0 Å². The van der Waals surface area contributed by atoms with Crippen molar-refractivity contribution in [1.29, 1.82) is 0 Å². The number of hydrogen-bond acceptors (Lipinski definition) is 2. The van der Waals surface area contributed by atoms with Gasteiger partial charge in [-0.05, 0) is 49.9 Å². The molecule has 0 radical (unpaired) electrons. The highest BCUT2D eigenvalue weighted by Gasteiger charge is 2.40. The molecular weight excluding hydrogens is 263 g/mol.